The van der Waals surface area contributed by atoms with Gasteiger partial charge in [-0.25, -0.2) is 4.39 Å². The van der Waals surface area contributed by atoms with Crippen LogP contribution in [-0.2, 0) is 4.74 Å². The maximum Gasteiger partial charge on any atom is 0.459 e. The van der Waals surface area contributed by atoms with Crippen LogP contribution in [0.25, 0.3) is 0 Å². The predicted molar refractivity (Wildman–Crippen MR) is 37.8 cm³/mol. The molecular weight excluding hydrogens is 347 g/mol. The van der Waals surface area contributed by atoms with Crippen molar-refractivity contribution in [3.63, 3.8) is 0 Å². The van der Waals surface area contributed by atoms with E-state index in [1.54, 1.807) is 0 Å². The SMILES string of the molecule is FC(C(F)(F)F)C(F)(F)OCC(F)(F)C(F)(F)C(F)(F)F. The van der Waals surface area contributed by atoms with Crippen molar-refractivity contribution in [2.45, 2.75) is 36.5 Å². The highest BCUT2D eigenvalue weighted by molar-refractivity contribution is 4.91. The fourth-order valence-electron chi connectivity index (χ4n) is 0.749. The molecule has 0 spiro atoms. The molecule has 0 aliphatic carbocycles. The summed E-state index contributed by atoms with van der Waals surface area (Å²) in [6.07, 6.45) is -24.5. The monoisotopic (exact) mass is 350 g/mol. The van der Waals surface area contributed by atoms with Crippen LogP contribution in [0.1, 0.15) is 0 Å². The van der Waals surface area contributed by atoms with Crippen molar-refractivity contribution in [2.75, 3.05) is 6.61 Å². The summed E-state index contributed by atoms with van der Waals surface area (Å²) in [6.45, 7) is -3.50. The lowest BCUT2D eigenvalue weighted by atomic mass is 10.2. The molecule has 0 saturated heterocycles. The molecule has 0 aliphatic rings. The third-order valence-electron chi connectivity index (χ3n) is 1.84. The van der Waals surface area contributed by atoms with Crippen molar-refractivity contribution in [1.29, 1.82) is 0 Å². The van der Waals surface area contributed by atoms with E-state index in [-0.39, 0.29) is 0 Å². The first kappa shape index (κ1) is 20.1. The predicted octanol–water partition coefficient (Wildman–Crippen LogP) is 4.33. The van der Waals surface area contributed by atoms with Gasteiger partial charge in [-0.15, -0.1) is 0 Å². The van der Waals surface area contributed by atoms with Crippen molar-refractivity contribution >= 4 is 0 Å². The zero-order valence-electron chi connectivity index (χ0n) is 9.11. The Bertz CT molecular complexity index is 353. The third kappa shape index (κ3) is 4.26. The van der Waals surface area contributed by atoms with Gasteiger partial charge in [0.05, 0.1) is 0 Å². The van der Waals surface area contributed by atoms with Crippen molar-refractivity contribution in [3.05, 3.63) is 0 Å². The summed E-state index contributed by atoms with van der Waals surface area (Å²) in [5.41, 5.74) is 0. The molecule has 0 aromatic carbocycles. The molecule has 1 nitrogen and oxygen atoms in total. The van der Waals surface area contributed by atoms with Gasteiger partial charge in [0, 0.05) is 0 Å². The van der Waals surface area contributed by atoms with Crippen molar-refractivity contribution in [3.8, 4) is 0 Å². The summed E-state index contributed by atoms with van der Waals surface area (Å²) in [5.74, 6) is -13.2. The van der Waals surface area contributed by atoms with Gasteiger partial charge in [0.2, 0.25) is 0 Å². The molecule has 14 heteroatoms. The average Bonchev–Trinajstić information content (AvgIpc) is 2.22. The Hall–Kier alpha value is -0.950. The molecule has 21 heavy (non-hydrogen) atoms. The van der Waals surface area contributed by atoms with Crippen LogP contribution in [0.5, 0.6) is 0 Å². The third-order valence-corrected chi connectivity index (χ3v) is 1.84. The van der Waals surface area contributed by atoms with Crippen LogP contribution in [0, 0.1) is 0 Å². The Morgan fingerprint density at radius 3 is 1.38 bits per heavy atom. The number of ether oxygens (including phenoxy) is 1. The maximum atomic E-state index is 12.5. The second-order valence-electron chi connectivity index (χ2n) is 3.53. The van der Waals surface area contributed by atoms with E-state index in [0.717, 1.165) is 0 Å². The Kier molecular flexibility index (Phi) is 5.11. The van der Waals surface area contributed by atoms with E-state index >= 15 is 0 Å². The molecule has 0 bridgehead atoms. The van der Waals surface area contributed by atoms with E-state index in [0.29, 0.717) is 0 Å². The summed E-state index contributed by atoms with van der Waals surface area (Å²) in [7, 11) is 0. The highest BCUT2D eigenvalue weighted by Crippen LogP contribution is 2.47. The lowest BCUT2D eigenvalue weighted by Gasteiger charge is -2.30. The van der Waals surface area contributed by atoms with Crippen LogP contribution in [0.3, 0.4) is 0 Å². The summed E-state index contributed by atoms with van der Waals surface area (Å²) in [5, 5.41) is 0. The second kappa shape index (κ2) is 5.35. The number of halogens is 13. The first-order valence-corrected chi connectivity index (χ1v) is 4.41. The summed E-state index contributed by atoms with van der Waals surface area (Å²) < 4.78 is 158. The quantitative estimate of drug-likeness (QED) is 0.671. The van der Waals surface area contributed by atoms with Crippen LogP contribution in [0.2, 0.25) is 0 Å². The standard InChI is InChI=1S/C7H3F13O/c8-2(4(11,12)13)5(14,15)21-1-3(9,10)6(16,17)7(18,19)20/h2H,1H2. The van der Waals surface area contributed by atoms with E-state index in [2.05, 4.69) is 4.74 Å². The van der Waals surface area contributed by atoms with Gasteiger partial charge in [0.25, 0.3) is 6.17 Å². The normalized spacial score (nSPS) is 17.0. The van der Waals surface area contributed by atoms with Gasteiger partial charge in [-0.3, -0.25) is 0 Å². The van der Waals surface area contributed by atoms with E-state index in [4.69, 9.17) is 0 Å². The Balaban J connectivity index is 5.08. The first-order chi connectivity index (χ1) is 8.86. The highest BCUT2D eigenvalue weighted by atomic mass is 19.4. The molecule has 0 heterocycles. The molecule has 1 atom stereocenters. The molecule has 0 rings (SSSR count). The molecule has 0 radical (unpaired) electrons. The maximum absolute atomic E-state index is 12.5. The molecule has 0 aromatic rings. The molecule has 0 N–H and O–H groups in total. The smallest absolute Gasteiger partial charge is 0.311 e. The van der Waals surface area contributed by atoms with E-state index < -0.39 is 43.1 Å². The first-order valence-electron chi connectivity index (χ1n) is 4.41. The van der Waals surface area contributed by atoms with E-state index in [1.165, 1.54) is 0 Å². The Morgan fingerprint density at radius 2 is 1.10 bits per heavy atom. The molecular formula is C7H3F13O. The minimum atomic E-state index is -6.89. The molecule has 1 unspecified atom stereocenters. The van der Waals surface area contributed by atoms with Gasteiger partial charge in [0.1, 0.15) is 6.61 Å². The van der Waals surface area contributed by atoms with Crippen LogP contribution >= 0.6 is 0 Å². The van der Waals surface area contributed by atoms with Crippen LogP contribution in [0.4, 0.5) is 57.1 Å². The number of rotatable bonds is 5. The van der Waals surface area contributed by atoms with Crippen LogP contribution in [0.15, 0.2) is 0 Å². The summed E-state index contributed by atoms with van der Waals surface area (Å²) >= 11 is 0. The van der Waals surface area contributed by atoms with Gasteiger partial charge < -0.3 is 4.74 Å². The molecule has 0 aromatic heterocycles. The topological polar surface area (TPSA) is 9.23 Å². The van der Waals surface area contributed by atoms with Crippen LogP contribution in [-0.4, -0.2) is 43.1 Å². The highest BCUT2D eigenvalue weighted by Gasteiger charge is 2.73. The Labute approximate surface area is 106 Å². The number of hydrogen-bond donors (Lipinski definition) is 0. The number of alkyl halides is 13. The largest absolute Gasteiger partial charge is 0.459 e. The average molecular weight is 350 g/mol. The van der Waals surface area contributed by atoms with Gasteiger partial charge in [0.15, 0.2) is 0 Å². The van der Waals surface area contributed by atoms with Crippen LogP contribution < -0.4 is 0 Å². The van der Waals surface area contributed by atoms with Crippen molar-refractivity contribution < 1.29 is 61.8 Å². The fourth-order valence-corrected chi connectivity index (χ4v) is 0.749. The minimum Gasteiger partial charge on any atom is -0.311 e. The molecule has 0 aliphatic heterocycles. The Morgan fingerprint density at radius 1 is 0.714 bits per heavy atom. The van der Waals surface area contributed by atoms with Crippen molar-refractivity contribution in [1.82, 2.24) is 0 Å². The lowest BCUT2D eigenvalue weighted by Crippen LogP contribution is -2.56. The zero-order valence-corrected chi connectivity index (χ0v) is 9.11. The number of hydrogen-bond acceptors (Lipinski definition) is 1. The van der Waals surface area contributed by atoms with Crippen molar-refractivity contribution in [2.24, 2.45) is 0 Å². The zero-order chi connectivity index (χ0) is 17.5. The fraction of sp³-hybridized carbons (Fsp3) is 1.00. The molecule has 0 saturated carbocycles. The molecule has 0 amide bonds. The van der Waals surface area contributed by atoms with Gasteiger partial charge in [-0.2, -0.15) is 52.7 Å². The minimum absolute atomic E-state index is 2.31. The van der Waals surface area contributed by atoms with E-state index in [9.17, 15) is 57.1 Å². The molecule has 0 fully saturated rings. The van der Waals surface area contributed by atoms with E-state index in [1.807, 2.05) is 0 Å². The van der Waals surface area contributed by atoms with Gasteiger partial charge in [-0.1, -0.05) is 0 Å². The second-order valence-corrected chi connectivity index (χ2v) is 3.53. The summed E-state index contributed by atoms with van der Waals surface area (Å²) in [6, 6.07) is 0. The summed E-state index contributed by atoms with van der Waals surface area (Å²) in [4.78, 5) is 0. The lowest BCUT2D eigenvalue weighted by molar-refractivity contribution is -0.390. The molecule has 128 valence electrons. The van der Waals surface area contributed by atoms with Gasteiger partial charge >= 0.3 is 30.3 Å². The van der Waals surface area contributed by atoms with Gasteiger partial charge in [-0.05, 0) is 0 Å².